The zero-order valence-corrected chi connectivity index (χ0v) is 21.1. The fraction of sp³-hybridized carbons (Fsp3) is 0. The van der Waals surface area contributed by atoms with E-state index in [-0.39, 0.29) is 26.8 Å². The van der Waals surface area contributed by atoms with E-state index < -0.39 is 16.7 Å². The van der Waals surface area contributed by atoms with Crippen molar-refractivity contribution in [2.24, 2.45) is 0 Å². The molecule has 0 atom stereocenters. The minimum Gasteiger partial charge on any atom is -0.421 e. The molecule has 0 amide bonds. The van der Waals surface area contributed by atoms with Crippen LogP contribution in [0.3, 0.4) is 0 Å². The predicted octanol–water partition coefficient (Wildman–Crippen LogP) is 7.56. The maximum atomic E-state index is 13.8. The normalized spacial score (nSPS) is 11.4. The van der Waals surface area contributed by atoms with Crippen LogP contribution in [0.5, 0.6) is 0 Å². The van der Waals surface area contributed by atoms with Crippen LogP contribution in [0.4, 0.5) is 5.69 Å². The Hall–Kier alpha value is -4.01. The number of nitro benzene ring substituents is 1. The predicted molar refractivity (Wildman–Crippen MR) is 143 cm³/mol. The van der Waals surface area contributed by atoms with Crippen molar-refractivity contribution in [1.29, 1.82) is 0 Å². The van der Waals surface area contributed by atoms with E-state index in [9.17, 15) is 19.7 Å². The Morgan fingerprint density at radius 1 is 0.750 bits per heavy atom. The second-order valence-electron chi connectivity index (χ2n) is 7.42. The van der Waals surface area contributed by atoms with Gasteiger partial charge in [0.25, 0.3) is 5.69 Å². The van der Waals surface area contributed by atoms with Crippen molar-refractivity contribution in [2.45, 2.75) is 4.90 Å². The highest BCUT2D eigenvalue weighted by atomic mass is 79.9. The van der Waals surface area contributed by atoms with Crippen molar-refractivity contribution in [3.05, 3.63) is 145 Å². The quantitative estimate of drug-likeness (QED) is 0.0421. The van der Waals surface area contributed by atoms with Crippen molar-refractivity contribution in [3.63, 3.8) is 0 Å². The number of allylic oxidation sites excluding steroid dienone is 1. The molecular weight excluding hydrogens is 542 g/mol. The first-order valence-corrected chi connectivity index (χ1v) is 12.3. The Bertz CT molecular complexity index is 1460. The number of carbonyl (C=O) groups is 2. The van der Waals surface area contributed by atoms with E-state index in [0.717, 1.165) is 11.8 Å². The first-order chi connectivity index (χ1) is 17.5. The van der Waals surface area contributed by atoms with E-state index in [0.29, 0.717) is 15.6 Å². The highest BCUT2D eigenvalue weighted by Crippen LogP contribution is 2.40. The van der Waals surface area contributed by atoms with Gasteiger partial charge in [0.2, 0.25) is 5.78 Å². The van der Waals surface area contributed by atoms with Crippen LogP contribution in [0.25, 0.3) is 5.76 Å². The van der Waals surface area contributed by atoms with Crippen molar-refractivity contribution in [1.82, 2.24) is 0 Å². The number of rotatable bonds is 8. The van der Waals surface area contributed by atoms with Gasteiger partial charge >= 0.3 is 5.97 Å². The van der Waals surface area contributed by atoms with Crippen LogP contribution in [0.1, 0.15) is 26.3 Å². The molecule has 0 aliphatic heterocycles. The molecule has 4 aromatic rings. The van der Waals surface area contributed by atoms with Crippen LogP contribution in [0, 0.1) is 10.1 Å². The van der Waals surface area contributed by atoms with Gasteiger partial charge in [-0.2, -0.15) is 0 Å². The number of thioether (sulfide) groups is 1. The molecule has 0 saturated carbocycles. The average Bonchev–Trinajstić information content (AvgIpc) is 2.91. The molecule has 0 spiro atoms. The molecule has 0 aliphatic rings. The molecule has 0 aliphatic carbocycles. The molecule has 0 aromatic heterocycles. The van der Waals surface area contributed by atoms with Crippen LogP contribution in [0.2, 0.25) is 0 Å². The molecule has 36 heavy (non-hydrogen) atoms. The maximum Gasteiger partial charge on any atom is 0.344 e. The number of nitro groups is 1. The van der Waals surface area contributed by atoms with Crippen molar-refractivity contribution in [2.75, 3.05) is 0 Å². The van der Waals surface area contributed by atoms with Gasteiger partial charge in [-0.3, -0.25) is 14.9 Å². The molecular formula is C28H18BrNO5S. The van der Waals surface area contributed by atoms with E-state index in [1.807, 2.05) is 0 Å². The number of hydrogen-bond donors (Lipinski definition) is 0. The van der Waals surface area contributed by atoms with Gasteiger partial charge < -0.3 is 4.74 Å². The Kier molecular flexibility index (Phi) is 8.10. The summed E-state index contributed by atoms with van der Waals surface area (Å²) in [6.07, 6.45) is 0. The van der Waals surface area contributed by atoms with Crippen LogP contribution in [0.15, 0.2) is 123 Å². The number of halogens is 1. The molecule has 178 valence electrons. The second-order valence-corrected chi connectivity index (χ2v) is 9.32. The number of hydrogen-bond acceptors (Lipinski definition) is 6. The Morgan fingerprint density at radius 3 is 1.94 bits per heavy atom. The Morgan fingerprint density at radius 2 is 1.31 bits per heavy atom. The summed E-state index contributed by atoms with van der Waals surface area (Å²) in [4.78, 5) is 38.5. The molecule has 0 saturated heterocycles. The lowest BCUT2D eigenvalue weighted by atomic mass is 10.1. The fourth-order valence-electron chi connectivity index (χ4n) is 3.32. The first-order valence-electron chi connectivity index (χ1n) is 10.7. The lowest BCUT2D eigenvalue weighted by Crippen LogP contribution is -2.11. The topological polar surface area (TPSA) is 86.5 Å². The third-order valence-electron chi connectivity index (χ3n) is 5.05. The van der Waals surface area contributed by atoms with Gasteiger partial charge in [0, 0.05) is 21.7 Å². The summed E-state index contributed by atoms with van der Waals surface area (Å²) in [7, 11) is 0. The number of Topliss-reactive ketones (excluding diaryl/α,β-unsaturated/α-hetero) is 1. The highest BCUT2D eigenvalue weighted by molar-refractivity contribution is 9.10. The lowest BCUT2D eigenvalue weighted by molar-refractivity contribution is -0.387. The van der Waals surface area contributed by atoms with Crippen molar-refractivity contribution in [3.8, 4) is 0 Å². The van der Waals surface area contributed by atoms with Gasteiger partial charge in [-0.05, 0) is 34.1 Å². The van der Waals surface area contributed by atoms with Crippen LogP contribution < -0.4 is 0 Å². The molecule has 0 N–H and O–H groups in total. The number of para-hydroxylation sites is 1. The molecule has 0 unspecified atom stereocenters. The number of ether oxygens (including phenoxy) is 1. The van der Waals surface area contributed by atoms with Gasteiger partial charge in [-0.25, -0.2) is 4.79 Å². The standard InChI is InChI=1S/C28H18BrNO5S/c29-22-16-8-7-15-21(22)28(32)35-26(20-13-5-2-6-14-20)27(25(31)19-11-3-1-4-12-19)36-24-18-10-9-17-23(24)30(33)34/h1-18H. The third kappa shape index (κ3) is 5.79. The molecule has 4 rings (SSSR count). The summed E-state index contributed by atoms with van der Waals surface area (Å²) in [6.45, 7) is 0. The van der Waals surface area contributed by atoms with Gasteiger partial charge in [0.15, 0.2) is 5.76 Å². The van der Waals surface area contributed by atoms with Crippen molar-refractivity contribution < 1.29 is 19.2 Å². The van der Waals surface area contributed by atoms with Crippen molar-refractivity contribution >= 4 is 50.9 Å². The summed E-state index contributed by atoms with van der Waals surface area (Å²) in [5, 5.41) is 11.7. The largest absolute Gasteiger partial charge is 0.421 e. The SMILES string of the molecule is O=C(C(Sc1ccccc1[N+](=O)[O-])=C(OC(=O)c1ccccc1Br)c1ccccc1)c1ccccc1. The molecule has 0 heterocycles. The summed E-state index contributed by atoms with van der Waals surface area (Å²) in [5.41, 5.74) is 0.936. The summed E-state index contributed by atoms with van der Waals surface area (Å²) in [6, 6.07) is 30.1. The molecule has 4 aromatic carbocycles. The highest BCUT2D eigenvalue weighted by Gasteiger charge is 2.27. The fourth-order valence-corrected chi connectivity index (χ4v) is 4.84. The van der Waals surface area contributed by atoms with Gasteiger partial charge in [0.05, 0.1) is 15.4 Å². The zero-order chi connectivity index (χ0) is 25.5. The smallest absolute Gasteiger partial charge is 0.344 e. The first kappa shape index (κ1) is 25.1. The second kappa shape index (κ2) is 11.6. The van der Waals surface area contributed by atoms with E-state index in [4.69, 9.17) is 4.74 Å². The Labute approximate surface area is 219 Å². The van der Waals surface area contributed by atoms with Crippen LogP contribution in [-0.2, 0) is 4.74 Å². The number of benzene rings is 4. The third-order valence-corrected chi connectivity index (χ3v) is 6.88. The van der Waals surface area contributed by atoms with E-state index >= 15 is 0 Å². The minimum absolute atomic E-state index is 0.00774. The van der Waals surface area contributed by atoms with Crippen LogP contribution in [-0.4, -0.2) is 16.7 Å². The average molecular weight is 560 g/mol. The number of carbonyl (C=O) groups excluding carboxylic acids is 2. The number of esters is 1. The summed E-state index contributed by atoms with van der Waals surface area (Å²) in [5.74, 6) is -1.10. The molecule has 0 fully saturated rings. The minimum atomic E-state index is -0.678. The summed E-state index contributed by atoms with van der Waals surface area (Å²) < 4.78 is 6.41. The van der Waals surface area contributed by atoms with Gasteiger partial charge in [-0.15, -0.1) is 0 Å². The van der Waals surface area contributed by atoms with Gasteiger partial charge in [0.1, 0.15) is 4.91 Å². The number of nitrogens with zero attached hydrogens (tertiary/aromatic N) is 1. The molecule has 8 heteroatoms. The zero-order valence-electron chi connectivity index (χ0n) is 18.7. The molecule has 6 nitrogen and oxygen atoms in total. The monoisotopic (exact) mass is 559 g/mol. The Balaban J connectivity index is 1.92. The van der Waals surface area contributed by atoms with Gasteiger partial charge in [-0.1, -0.05) is 96.7 Å². The van der Waals surface area contributed by atoms with E-state index in [1.54, 1.807) is 103 Å². The van der Waals surface area contributed by atoms with E-state index in [2.05, 4.69) is 15.9 Å². The lowest BCUT2D eigenvalue weighted by Gasteiger charge is -2.16. The maximum absolute atomic E-state index is 13.8. The summed E-state index contributed by atoms with van der Waals surface area (Å²) >= 11 is 4.25. The molecule has 0 bridgehead atoms. The molecule has 0 radical (unpaired) electrons. The van der Waals surface area contributed by atoms with Crippen LogP contribution >= 0.6 is 27.7 Å². The number of ketones is 1. The van der Waals surface area contributed by atoms with E-state index in [1.165, 1.54) is 6.07 Å².